The number of nitrogens with one attached hydrogen (secondary N) is 1. The van der Waals surface area contributed by atoms with Gasteiger partial charge in [-0.15, -0.1) is 0 Å². The van der Waals surface area contributed by atoms with Crippen molar-refractivity contribution in [2.75, 3.05) is 11.1 Å². The lowest BCUT2D eigenvalue weighted by molar-refractivity contribution is 0.618. The van der Waals surface area contributed by atoms with Crippen molar-refractivity contribution in [2.45, 2.75) is 44.6 Å². The molecule has 1 aromatic rings. The molecule has 4 heteroatoms. The van der Waals surface area contributed by atoms with E-state index in [2.05, 4.69) is 10.3 Å². The van der Waals surface area contributed by atoms with Crippen LogP contribution in [0.1, 0.15) is 38.5 Å². The van der Waals surface area contributed by atoms with Gasteiger partial charge in [0.15, 0.2) is 5.82 Å². The third kappa shape index (κ3) is 3.01. The Morgan fingerprint density at radius 3 is 2.56 bits per heavy atom. The molecule has 88 valence electrons. The third-order valence-corrected chi connectivity index (χ3v) is 3.30. The quantitative estimate of drug-likeness (QED) is 0.614. The second-order valence-electron chi connectivity index (χ2n) is 4.40. The topological polar surface area (TPSA) is 50.9 Å². The first kappa shape index (κ1) is 11.5. The summed E-state index contributed by atoms with van der Waals surface area (Å²) in [5.74, 6) is 0.736. The van der Waals surface area contributed by atoms with Gasteiger partial charge in [-0.1, -0.05) is 37.3 Å². The number of hydrogen-bond acceptors (Lipinski definition) is 3. The molecule has 1 aliphatic carbocycles. The lowest BCUT2D eigenvalue weighted by Crippen LogP contribution is -2.20. The number of nitrogens with two attached hydrogens (primary N) is 1. The second-order valence-corrected chi connectivity index (χ2v) is 4.79. The highest BCUT2D eigenvalue weighted by Gasteiger charge is 2.13. The second kappa shape index (κ2) is 5.39. The number of nitrogen functional groups attached to an aromatic ring is 1. The average Bonchev–Trinajstić information content (AvgIpc) is 2.52. The Morgan fingerprint density at radius 2 is 1.88 bits per heavy atom. The molecule has 0 radical (unpaired) electrons. The highest BCUT2D eigenvalue weighted by atomic mass is 35.5. The van der Waals surface area contributed by atoms with Gasteiger partial charge in [-0.05, 0) is 25.0 Å². The Hall–Kier alpha value is -0.960. The van der Waals surface area contributed by atoms with Gasteiger partial charge in [0.1, 0.15) is 5.15 Å². The van der Waals surface area contributed by atoms with Crippen LogP contribution in [-0.4, -0.2) is 11.0 Å². The maximum absolute atomic E-state index is 5.86. The molecule has 1 aliphatic rings. The van der Waals surface area contributed by atoms with E-state index in [9.17, 15) is 0 Å². The summed E-state index contributed by atoms with van der Waals surface area (Å²) in [6.07, 6.45) is 7.67. The third-order valence-electron chi connectivity index (χ3n) is 3.09. The van der Waals surface area contributed by atoms with E-state index >= 15 is 0 Å². The molecule has 0 aliphatic heterocycles. The first-order chi connectivity index (χ1) is 7.75. The molecule has 1 fully saturated rings. The molecule has 0 atom stereocenters. The van der Waals surface area contributed by atoms with Gasteiger partial charge in [0.05, 0.1) is 5.69 Å². The van der Waals surface area contributed by atoms with Crippen molar-refractivity contribution in [2.24, 2.45) is 0 Å². The smallest absolute Gasteiger partial charge is 0.151 e. The van der Waals surface area contributed by atoms with Crippen LogP contribution in [0, 0.1) is 0 Å². The number of rotatable bonds is 2. The zero-order valence-corrected chi connectivity index (χ0v) is 10.1. The zero-order valence-electron chi connectivity index (χ0n) is 9.38. The summed E-state index contributed by atoms with van der Waals surface area (Å²) >= 11 is 5.86. The van der Waals surface area contributed by atoms with E-state index in [1.165, 1.54) is 38.5 Å². The van der Waals surface area contributed by atoms with Gasteiger partial charge in [0.2, 0.25) is 0 Å². The SMILES string of the molecule is Nc1ccc(Cl)nc1NC1CCCCCC1. The normalized spacial score (nSPS) is 18.1. The molecule has 0 bridgehead atoms. The van der Waals surface area contributed by atoms with Crippen LogP contribution >= 0.6 is 11.6 Å². The lowest BCUT2D eigenvalue weighted by Gasteiger charge is -2.18. The Labute approximate surface area is 101 Å². The largest absolute Gasteiger partial charge is 0.396 e. The minimum absolute atomic E-state index is 0.491. The van der Waals surface area contributed by atoms with Crippen LogP contribution in [0.4, 0.5) is 11.5 Å². The molecule has 1 heterocycles. The molecule has 0 spiro atoms. The average molecular weight is 240 g/mol. The van der Waals surface area contributed by atoms with E-state index in [0.717, 1.165) is 5.82 Å². The van der Waals surface area contributed by atoms with Crippen LogP contribution in [0.15, 0.2) is 12.1 Å². The number of anilines is 2. The van der Waals surface area contributed by atoms with Crippen molar-refractivity contribution in [3.8, 4) is 0 Å². The van der Waals surface area contributed by atoms with Crippen LogP contribution in [0.5, 0.6) is 0 Å². The first-order valence-electron chi connectivity index (χ1n) is 5.94. The van der Waals surface area contributed by atoms with Crippen LogP contribution < -0.4 is 11.1 Å². The summed E-state index contributed by atoms with van der Waals surface area (Å²) < 4.78 is 0. The monoisotopic (exact) mass is 239 g/mol. The van der Waals surface area contributed by atoms with Gasteiger partial charge in [0.25, 0.3) is 0 Å². The Balaban J connectivity index is 2.04. The van der Waals surface area contributed by atoms with Gasteiger partial charge in [0, 0.05) is 6.04 Å². The molecule has 2 rings (SSSR count). The molecule has 0 saturated heterocycles. The summed E-state index contributed by atoms with van der Waals surface area (Å²) in [6, 6.07) is 4.01. The summed E-state index contributed by atoms with van der Waals surface area (Å²) in [4.78, 5) is 4.23. The molecular weight excluding hydrogens is 222 g/mol. The van der Waals surface area contributed by atoms with Crippen LogP contribution in [0.25, 0.3) is 0 Å². The van der Waals surface area contributed by atoms with Crippen molar-refractivity contribution < 1.29 is 0 Å². The molecule has 1 aromatic heterocycles. The number of pyridine rings is 1. The fourth-order valence-corrected chi connectivity index (χ4v) is 2.33. The van der Waals surface area contributed by atoms with E-state index < -0.39 is 0 Å². The van der Waals surface area contributed by atoms with E-state index in [4.69, 9.17) is 17.3 Å². The number of nitrogens with zero attached hydrogens (tertiary/aromatic N) is 1. The van der Waals surface area contributed by atoms with Crippen molar-refractivity contribution >= 4 is 23.1 Å². The van der Waals surface area contributed by atoms with Gasteiger partial charge in [-0.2, -0.15) is 0 Å². The standard InChI is InChI=1S/C12H18ClN3/c13-11-8-7-10(14)12(16-11)15-9-5-3-1-2-4-6-9/h7-9H,1-6,14H2,(H,15,16). The number of aromatic nitrogens is 1. The van der Waals surface area contributed by atoms with Gasteiger partial charge in [-0.25, -0.2) is 4.98 Å². The fourth-order valence-electron chi connectivity index (χ4n) is 2.18. The Bertz CT molecular complexity index is 346. The number of halogens is 1. The predicted octanol–water partition coefficient (Wildman–Crippen LogP) is 3.45. The summed E-state index contributed by atoms with van der Waals surface area (Å²) in [6.45, 7) is 0. The van der Waals surface area contributed by atoms with E-state index in [-0.39, 0.29) is 0 Å². The number of hydrogen-bond donors (Lipinski definition) is 2. The maximum atomic E-state index is 5.86. The van der Waals surface area contributed by atoms with Crippen LogP contribution in [-0.2, 0) is 0 Å². The molecule has 0 aromatic carbocycles. The van der Waals surface area contributed by atoms with Crippen molar-refractivity contribution in [1.82, 2.24) is 4.98 Å². The van der Waals surface area contributed by atoms with Crippen molar-refractivity contribution in [3.05, 3.63) is 17.3 Å². The molecule has 3 nitrogen and oxygen atoms in total. The van der Waals surface area contributed by atoms with E-state index in [0.29, 0.717) is 16.9 Å². The molecule has 16 heavy (non-hydrogen) atoms. The van der Waals surface area contributed by atoms with Crippen LogP contribution in [0.2, 0.25) is 5.15 Å². The van der Waals surface area contributed by atoms with Gasteiger partial charge >= 0.3 is 0 Å². The highest BCUT2D eigenvalue weighted by Crippen LogP contribution is 2.24. The molecule has 0 amide bonds. The predicted molar refractivity (Wildman–Crippen MR) is 68.8 cm³/mol. The lowest BCUT2D eigenvalue weighted by atomic mass is 10.1. The Morgan fingerprint density at radius 1 is 1.19 bits per heavy atom. The molecule has 3 N–H and O–H groups in total. The molecular formula is C12H18ClN3. The maximum Gasteiger partial charge on any atom is 0.151 e. The Kier molecular flexibility index (Phi) is 3.88. The summed E-state index contributed by atoms with van der Waals surface area (Å²) in [5, 5.41) is 3.90. The van der Waals surface area contributed by atoms with E-state index in [1.807, 2.05) is 0 Å². The van der Waals surface area contributed by atoms with Crippen molar-refractivity contribution in [3.63, 3.8) is 0 Å². The fraction of sp³-hybridized carbons (Fsp3) is 0.583. The molecule has 0 unspecified atom stereocenters. The van der Waals surface area contributed by atoms with Gasteiger partial charge < -0.3 is 11.1 Å². The zero-order chi connectivity index (χ0) is 11.4. The highest BCUT2D eigenvalue weighted by molar-refractivity contribution is 6.29. The van der Waals surface area contributed by atoms with Gasteiger partial charge in [-0.3, -0.25) is 0 Å². The van der Waals surface area contributed by atoms with Crippen LogP contribution in [0.3, 0.4) is 0 Å². The first-order valence-corrected chi connectivity index (χ1v) is 6.32. The van der Waals surface area contributed by atoms with Crippen molar-refractivity contribution in [1.29, 1.82) is 0 Å². The molecule has 1 saturated carbocycles. The summed E-state index contributed by atoms with van der Waals surface area (Å²) in [7, 11) is 0. The minimum atomic E-state index is 0.491. The minimum Gasteiger partial charge on any atom is -0.396 e. The van der Waals surface area contributed by atoms with E-state index in [1.54, 1.807) is 12.1 Å². The summed E-state index contributed by atoms with van der Waals surface area (Å²) in [5.41, 5.74) is 6.54.